The molecule has 1 N–H and O–H groups in total. The summed E-state index contributed by atoms with van der Waals surface area (Å²) in [5.74, 6) is 0.357. The number of ether oxygens (including phenoxy) is 1. The normalized spacial score (nSPS) is 18.1. The minimum Gasteiger partial charge on any atom is -0.497 e. The monoisotopic (exact) mass is 434 g/mol. The topological polar surface area (TPSA) is 58.6 Å². The van der Waals surface area contributed by atoms with E-state index in [2.05, 4.69) is 19.2 Å². The predicted octanol–water partition coefficient (Wildman–Crippen LogP) is 5.33. The van der Waals surface area contributed by atoms with Crippen LogP contribution in [0.5, 0.6) is 5.75 Å². The van der Waals surface area contributed by atoms with Gasteiger partial charge in [-0.1, -0.05) is 38.1 Å². The Morgan fingerprint density at radius 3 is 2.48 bits per heavy atom. The number of methoxy groups -OCH3 is 1. The number of fused-ring (bicyclic) bond motifs is 1. The Morgan fingerprint density at radius 2 is 1.84 bits per heavy atom. The van der Waals surface area contributed by atoms with Crippen LogP contribution in [0.25, 0.3) is 0 Å². The molecule has 1 aliphatic heterocycles. The van der Waals surface area contributed by atoms with Crippen LogP contribution in [0.3, 0.4) is 0 Å². The summed E-state index contributed by atoms with van der Waals surface area (Å²) in [6.45, 7) is 4.76. The lowest BCUT2D eigenvalue weighted by molar-refractivity contribution is -0.119. The van der Waals surface area contributed by atoms with Crippen molar-refractivity contribution in [3.8, 4) is 5.75 Å². The zero-order valence-electron chi connectivity index (χ0n) is 17.9. The number of nitrogens with one attached hydrogen (secondary N) is 1. The van der Waals surface area contributed by atoms with Gasteiger partial charge in [0.15, 0.2) is 0 Å². The average molecular weight is 435 g/mol. The molecule has 2 heterocycles. The highest BCUT2D eigenvalue weighted by Gasteiger charge is 2.44. The van der Waals surface area contributed by atoms with E-state index in [1.165, 1.54) is 0 Å². The van der Waals surface area contributed by atoms with E-state index in [1.54, 1.807) is 18.4 Å². The second kappa shape index (κ2) is 8.94. The van der Waals surface area contributed by atoms with E-state index in [1.807, 2.05) is 70.9 Å². The van der Waals surface area contributed by atoms with Crippen molar-refractivity contribution in [1.29, 1.82) is 0 Å². The second-order valence-corrected chi connectivity index (χ2v) is 9.07. The maximum atomic E-state index is 13.7. The van der Waals surface area contributed by atoms with E-state index in [-0.39, 0.29) is 23.8 Å². The molecule has 2 amide bonds. The molecule has 6 heteroatoms. The first kappa shape index (κ1) is 21.1. The molecule has 0 saturated heterocycles. The molecule has 3 aromatic rings. The molecule has 0 spiro atoms. The lowest BCUT2D eigenvalue weighted by atomic mass is 9.81. The molecule has 31 heavy (non-hydrogen) atoms. The summed E-state index contributed by atoms with van der Waals surface area (Å²) < 4.78 is 5.21. The number of rotatable bonds is 6. The van der Waals surface area contributed by atoms with Gasteiger partial charge in [0.2, 0.25) is 5.91 Å². The number of hydrogen-bond donors (Lipinski definition) is 1. The van der Waals surface area contributed by atoms with Crippen LogP contribution in [0.1, 0.15) is 46.6 Å². The highest BCUT2D eigenvalue weighted by atomic mass is 32.1. The number of hydrogen-bond acceptors (Lipinski definition) is 4. The largest absolute Gasteiger partial charge is 0.497 e. The fourth-order valence-electron chi connectivity index (χ4n) is 4.14. The maximum absolute atomic E-state index is 13.7. The Labute approximate surface area is 186 Å². The molecule has 5 nitrogen and oxygen atoms in total. The number of carbonyl (C=O) groups excluding carboxylic acids is 2. The molecule has 0 aliphatic carbocycles. The average Bonchev–Trinajstić information content (AvgIpc) is 3.30. The van der Waals surface area contributed by atoms with Crippen LogP contribution < -0.4 is 10.1 Å². The molecule has 2 aromatic carbocycles. The van der Waals surface area contributed by atoms with Gasteiger partial charge in [-0.05, 0) is 53.3 Å². The van der Waals surface area contributed by atoms with Crippen LogP contribution in [-0.2, 0) is 4.79 Å². The first-order valence-corrected chi connectivity index (χ1v) is 11.3. The van der Waals surface area contributed by atoms with E-state index in [0.717, 1.165) is 16.2 Å². The molecular weight excluding hydrogens is 408 g/mol. The van der Waals surface area contributed by atoms with E-state index >= 15 is 0 Å². The van der Waals surface area contributed by atoms with Gasteiger partial charge in [-0.25, -0.2) is 0 Å². The molecule has 0 unspecified atom stereocenters. The lowest BCUT2D eigenvalue weighted by Gasteiger charge is -2.42. The fraction of sp³-hybridized carbons (Fsp3) is 0.280. The summed E-state index contributed by atoms with van der Waals surface area (Å²) in [5, 5.41) is 5.05. The zero-order valence-corrected chi connectivity index (χ0v) is 18.7. The van der Waals surface area contributed by atoms with Gasteiger partial charge >= 0.3 is 0 Å². The Kier molecular flexibility index (Phi) is 6.09. The molecule has 1 aromatic heterocycles. The lowest BCUT2D eigenvalue weighted by Crippen LogP contribution is -2.47. The van der Waals surface area contributed by atoms with Crippen molar-refractivity contribution in [2.45, 2.75) is 25.8 Å². The molecule has 1 aliphatic rings. The first-order chi connectivity index (χ1) is 15.0. The van der Waals surface area contributed by atoms with E-state index in [9.17, 15) is 9.59 Å². The Hall–Kier alpha value is -3.12. The van der Waals surface area contributed by atoms with Crippen LogP contribution in [-0.4, -0.2) is 30.4 Å². The number of thiophene rings is 1. The SMILES string of the molecule is COc1ccc(NC(=O)[C@@H]2c3ccccc3C(=O)N(CC(C)C)[C@@H]2c2cccs2)cc1. The Balaban J connectivity index is 1.78. The summed E-state index contributed by atoms with van der Waals surface area (Å²) in [6.07, 6.45) is 0. The first-order valence-electron chi connectivity index (χ1n) is 10.4. The maximum Gasteiger partial charge on any atom is 0.254 e. The van der Waals surface area contributed by atoms with Crippen molar-refractivity contribution in [3.05, 3.63) is 82.0 Å². The molecule has 160 valence electrons. The number of carbonyl (C=O) groups is 2. The van der Waals surface area contributed by atoms with Crippen molar-refractivity contribution in [2.75, 3.05) is 19.0 Å². The van der Waals surface area contributed by atoms with Crippen LogP contribution >= 0.6 is 11.3 Å². The van der Waals surface area contributed by atoms with E-state index in [0.29, 0.717) is 17.8 Å². The molecule has 2 atom stereocenters. The van der Waals surface area contributed by atoms with Crippen LogP contribution in [0, 0.1) is 5.92 Å². The van der Waals surface area contributed by atoms with Gasteiger partial charge in [0, 0.05) is 22.7 Å². The zero-order chi connectivity index (χ0) is 22.0. The minimum atomic E-state index is -0.506. The number of nitrogens with zero attached hydrogens (tertiary/aromatic N) is 1. The van der Waals surface area contributed by atoms with Gasteiger partial charge in [0.05, 0.1) is 19.1 Å². The highest BCUT2D eigenvalue weighted by molar-refractivity contribution is 7.10. The quantitative estimate of drug-likeness (QED) is 0.570. The number of anilines is 1. The van der Waals surface area contributed by atoms with Crippen molar-refractivity contribution < 1.29 is 14.3 Å². The number of amides is 2. The fourth-order valence-corrected chi connectivity index (χ4v) is 5.01. The molecule has 0 saturated carbocycles. The molecule has 4 rings (SSSR count). The van der Waals surface area contributed by atoms with Gasteiger partial charge in [-0.3, -0.25) is 9.59 Å². The van der Waals surface area contributed by atoms with Crippen molar-refractivity contribution in [1.82, 2.24) is 4.90 Å². The number of benzene rings is 2. The summed E-state index contributed by atoms with van der Waals surface area (Å²) >= 11 is 1.58. The van der Waals surface area contributed by atoms with Crippen molar-refractivity contribution in [3.63, 3.8) is 0 Å². The van der Waals surface area contributed by atoms with Crippen molar-refractivity contribution >= 4 is 28.8 Å². The summed E-state index contributed by atoms with van der Waals surface area (Å²) in [4.78, 5) is 30.0. The third-order valence-corrected chi connectivity index (χ3v) is 6.42. The summed E-state index contributed by atoms with van der Waals surface area (Å²) in [5.41, 5.74) is 2.07. The third kappa shape index (κ3) is 4.21. The minimum absolute atomic E-state index is 0.0174. The van der Waals surface area contributed by atoms with Gasteiger partial charge in [-0.15, -0.1) is 11.3 Å². The Bertz CT molecular complexity index is 1060. The van der Waals surface area contributed by atoms with Gasteiger partial charge in [0.25, 0.3) is 5.91 Å². The van der Waals surface area contributed by atoms with Gasteiger partial charge in [-0.2, -0.15) is 0 Å². The molecule has 0 bridgehead atoms. The molecule has 0 fully saturated rings. The van der Waals surface area contributed by atoms with Gasteiger partial charge in [0.1, 0.15) is 5.75 Å². The van der Waals surface area contributed by atoms with Crippen LogP contribution in [0.4, 0.5) is 5.69 Å². The van der Waals surface area contributed by atoms with Crippen LogP contribution in [0.15, 0.2) is 66.0 Å². The van der Waals surface area contributed by atoms with Crippen LogP contribution in [0.2, 0.25) is 0 Å². The second-order valence-electron chi connectivity index (χ2n) is 8.09. The standard InChI is InChI=1S/C25H26N2O3S/c1-16(2)15-27-23(21-9-6-14-31-21)22(19-7-4-5-8-20(19)25(27)29)24(28)26-17-10-12-18(30-3)13-11-17/h4-14,16,22-23H,15H2,1-3H3,(H,26,28)/t22-,23-/m1/s1. The summed E-state index contributed by atoms with van der Waals surface area (Å²) in [7, 11) is 1.61. The predicted molar refractivity (Wildman–Crippen MR) is 124 cm³/mol. The smallest absolute Gasteiger partial charge is 0.254 e. The molecular formula is C25H26N2O3S. The van der Waals surface area contributed by atoms with Gasteiger partial charge < -0.3 is 15.0 Å². The van der Waals surface area contributed by atoms with E-state index < -0.39 is 5.92 Å². The summed E-state index contributed by atoms with van der Waals surface area (Å²) in [6, 6.07) is 18.4. The van der Waals surface area contributed by atoms with E-state index in [4.69, 9.17) is 4.74 Å². The van der Waals surface area contributed by atoms with Crippen molar-refractivity contribution in [2.24, 2.45) is 5.92 Å². The highest BCUT2D eigenvalue weighted by Crippen LogP contribution is 2.45. The third-order valence-electron chi connectivity index (χ3n) is 5.48. The Morgan fingerprint density at radius 1 is 1.10 bits per heavy atom. The molecule has 0 radical (unpaired) electrons.